The van der Waals surface area contributed by atoms with Gasteiger partial charge in [-0.3, -0.25) is 0 Å². The van der Waals surface area contributed by atoms with Crippen molar-refractivity contribution in [3.63, 3.8) is 0 Å². The molecule has 2 N–H and O–H groups in total. The SMILES string of the molecule is COc1ccc([C@](c2ccc(O)cc2)(c2ccc(C)[nH]2)c2ccccc2OC)c(F)c1. The second-order valence-electron chi connectivity index (χ2n) is 7.40. The lowest BCUT2D eigenvalue weighted by atomic mass is 9.66. The fraction of sp³-hybridized carbons (Fsp3) is 0.154. The van der Waals surface area contributed by atoms with Gasteiger partial charge >= 0.3 is 0 Å². The minimum absolute atomic E-state index is 0.135. The topological polar surface area (TPSA) is 54.5 Å². The van der Waals surface area contributed by atoms with Crippen LogP contribution in [0.5, 0.6) is 17.2 Å². The summed E-state index contributed by atoms with van der Waals surface area (Å²) in [5.41, 5.74) is 2.65. The number of aromatic amines is 1. The summed E-state index contributed by atoms with van der Waals surface area (Å²) in [6.45, 7) is 1.96. The molecule has 4 aromatic rings. The molecule has 0 spiro atoms. The monoisotopic (exact) mass is 417 g/mol. The van der Waals surface area contributed by atoms with Crippen LogP contribution in [0.2, 0.25) is 0 Å². The van der Waals surface area contributed by atoms with E-state index in [0.717, 1.165) is 22.5 Å². The van der Waals surface area contributed by atoms with Gasteiger partial charge in [-0.25, -0.2) is 4.39 Å². The number of aromatic nitrogens is 1. The largest absolute Gasteiger partial charge is 0.508 e. The quantitative estimate of drug-likeness (QED) is 0.404. The fourth-order valence-electron chi connectivity index (χ4n) is 4.22. The molecule has 5 heteroatoms. The highest BCUT2D eigenvalue weighted by atomic mass is 19.1. The van der Waals surface area contributed by atoms with Crippen molar-refractivity contribution in [1.82, 2.24) is 4.98 Å². The van der Waals surface area contributed by atoms with E-state index in [-0.39, 0.29) is 5.75 Å². The minimum Gasteiger partial charge on any atom is -0.508 e. The average Bonchev–Trinajstić information content (AvgIpc) is 3.23. The molecule has 4 nitrogen and oxygen atoms in total. The number of nitrogens with one attached hydrogen (secondary N) is 1. The predicted octanol–water partition coefficient (Wildman–Crippen LogP) is 5.57. The Morgan fingerprint density at radius 2 is 1.58 bits per heavy atom. The molecule has 0 aliphatic rings. The van der Waals surface area contributed by atoms with E-state index in [1.165, 1.54) is 13.2 Å². The molecule has 0 saturated heterocycles. The lowest BCUT2D eigenvalue weighted by Gasteiger charge is -2.36. The van der Waals surface area contributed by atoms with Gasteiger partial charge in [-0.1, -0.05) is 36.4 Å². The predicted molar refractivity (Wildman–Crippen MR) is 119 cm³/mol. The third kappa shape index (κ3) is 3.42. The molecule has 0 aliphatic carbocycles. The summed E-state index contributed by atoms with van der Waals surface area (Å²) < 4.78 is 26.7. The maximum Gasteiger partial charge on any atom is 0.131 e. The molecule has 0 aliphatic heterocycles. The molecule has 0 fully saturated rings. The smallest absolute Gasteiger partial charge is 0.131 e. The third-order valence-electron chi connectivity index (χ3n) is 5.63. The van der Waals surface area contributed by atoms with E-state index < -0.39 is 11.2 Å². The number of methoxy groups -OCH3 is 2. The Kier molecular flexibility index (Phi) is 5.42. The number of hydrogen-bond donors (Lipinski definition) is 2. The number of H-pyrrole nitrogens is 1. The molecule has 3 aromatic carbocycles. The Labute approximate surface area is 180 Å². The van der Waals surface area contributed by atoms with E-state index in [0.29, 0.717) is 17.1 Å². The van der Waals surface area contributed by atoms with E-state index >= 15 is 4.39 Å². The minimum atomic E-state index is -1.06. The molecular formula is C26H24FNO3. The summed E-state index contributed by atoms with van der Waals surface area (Å²) in [5, 5.41) is 9.94. The van der Waals surface area contributed by atoms with Gasteiger partial charge in [0.15, 0.2) is 0 Å². The number of hydrogen-bond acceptors (Lipinski definition) is 3. The number of halogens is 1. The number of aryl methyl sites for hydroxylation is 1. The third-order valence-corrected chi connectivity index (χ3v) is 5.63. The Balaban J connectivity index is 2.18. The molecule has 0 unspecified atom stereocenters. The van der Waals surface area contributed by atoms with E-state index in [2.05, 4.69) is 4.98 Å². The highest BCUT2D eigenvalue weighted by molar-refractivity contribution is 5.63. The molecule has 4 rings (SSSR count). The molecule has 1 atom stereocenters. The first-order valence-corrected chi connectivity index (χ1v) is 9.93. The van der Waals surface area contributed by atoms with Gasteiger partial charge in [-0.2, -0.15) is 0 Å². The van der Waals surface area contributed by atoms with Crippen LogP contribution >= 0.6 is 0 Å². The number of ether oxygens (including phenoxy) is 2. The fourth-order valence-corrected chi connectivity index (χ4v) is 4.22. The van der Waals surface area contributed by atoms with Gasteiger partial charge in [0.25, 0.3) is 0 Å². The van der Waals surface area contributed by atoms with Gasteiger partial charge < -0.3 is 19.6 Å². The lowest BCUT2D eigenvalue weighted by Crippen LogP contribution is -2.33. The van der Waals surface area contributed by atoms with E-state index in [1.54, 1.807) is 31.4 Å². The van der Waals surface area contributed by atoms with Crippen molar-refractivity contribution in [2.75, 3.05) is 14.2 Å². The number of para-hydroxylation sites is 1. The Morgan fingerprint density at radius 1 is 0.839 bits per heavy atom. The Morgan fingerprint density at radius 3 is 2.19 bits per heavy atom. The van der Waals surface area contributed by atoms with Gasteiger partial charge in [-0.15, -0.1) is 0 Å². The van der Waals surface area contributed by atoms with Gasteiger partial charge in [-0.05, 0) is 48.9 Å². The van der Waals surface area contributed by atoms with Gasteiger partial charge in [0.2, 0.25) is 0 Å². The van der Waals surface area contributed by atoms with Crippen molar-refractivity contribution in [1.29, 1.82) is 0 Å². The molecule has 0 saturated carbocycles. The first kappa shape index (κ1) is 20.5. The molecule has 1 aromatic heterocycles. The highest BCUT2D eigenvalue weighted by Crippen LogP contribution is 2.49. The van der Waals surface area contributed by atoms with E-state index in [9.17, 15) is 5.11 Å². The Hall–Kier alpha value is -3.73. The molecule has 31 heavy (non-hydrogen) atoms. The molecular weight excluding hydrogens is 393 g/mol. The first-order chi connectivity index (χ1) is 15.0. The molecule has 0 bridgehead atoms. The number of phenolic OH excluding ortho intramolecular Hbond substituents is 1. The number of benzene rings is 3. The van der Waals surface area contributed by atoms with Crippen LogP contribution in [0.1, 0.15) is 28.1 Å². The summed E-state index contributed by atoms with van der Waals surface area (Å²) in [4.78, 5) is 3.42. The zero-order valence-corrected chi connectivity index (χ0v) is 17.6. The molecule has 158 valence electrons. The molecule has 0 radical (unpaired) electrons. The zero-order valence-electron chi connectivity index (χ0n) is 17.6. The maximum atomic E-state index is 15.7. The van der Waals surface area contributed by atoms with Crippen LogP contribution in [0.15, 0.2) is 78.9 Å². The van der Waals surface area contributed by atoms with E-state index in [4.69, 9.17) is 9.47 Å². The summed E-state index contributed by atoms with van der Waals surface area (Å²) >= 11 is 0. The van der Waals surface area contributed by atoms with Crippen LogP contribution in [0.3, 0.4) is 0 Å². The van der Waals surface area contributed by atoms with Crippen molar-refractivity contribution in [2.45, 2.75) is 12.3 Å². The summed E-state index contributed by atoms with van der Waals surface area (Å²) in [5.74, 6) is 0.780. The van der Waals surface area contributed by atoms with Gasteiger partial charge in [0.1, 0.15) is 23.1 Å². The summed E-state index contributed by atoms with van der Waals surface area (Å²) in [6.07, 6.45) is 0. The van der Waals surface area contributed by atoms with Gasteiger partial charge in [0.05, 0.1) is 19.6 Å². The zero-order chi connectivity index (χ0) is 22.0. The van der Waals surface area contributed by atoms with Crippen molar-refractivity contribution >= 4 is 0 Å². The van der Waals surface area contributed by atoms with Crippen molar-refractivity contribution in [2.24, 2.45) is 0 Å². The van der Waals surface area contributed by atoms with Crippen LogP contribution in [0.25, 0.3) is 0 Å². The maximum absolute atomic E-state index is 15.7. The molecule has 1 heterocycles. The number of phenols is 1. The van der Waals surface area contributed by atoms with E-state index in [1.807, 2.05) is 55.5 Å². The van der Waals surface area contributed by atoms with Crippen LogP contribution < -0.4 is 9.47 Å². The normalized spacial score (nSPS) is 12.9. The second kappa shape index (κ2) is 8.19. The highest BCUT2D eigenvalue weighted by Gasteiger charge is 2.43. The summed E-state index contributed by atoms with van der Waals surface area (Å²) in [6, 6.07) is 23.2. The van der Waals surface area contributed by atoms with Crippen molar-refractivity contribution in [3.05, 3.63) is 113 Å². The number of rotatable bonds is 6. The standard InChI is InChI=1S/C26H24FNO3/c1-17-8-15-25(28-17)26(18-9-11-19(29)12-10-18,22-6-4-5-7-24(22)31-3)21-14-13-20(30-2)16-23(21)27/h4-16,28-29H,1-3H3/t26-/m0/s1. The van der Waals surface area contributed by atoms with Crippen molar-refractivity contribution < 1.29 is 19.0 Å². The second-order valence-corrected chi connectivity index (χ2v) is 7.40. The Bertz CT molecular complexity index is 1200. The average molecular weight is 417 g/mol. The van der Waals surface area contributed by atoms with Crippen LogP contribution in [-0.4, -0.2) is 24.3 Å². The molecule has 0 amide bonds. The van der Waals surface area contributed by atoms with Crippen LogP contribution in [0.4, 0.5) is 4.39 Å². The number of aromatic hydroxyl groups is 1. The van der Waals surface area contributed by atoms with Crippen LogP contribution in [-0.2, 0) is 5.41 Å². The first-order valence-electron chi connectivity index (χ1n) is 9.93. The van der Waals surface area contributed by atoms with Crippen molar-refractivity contribution in [3.8, 4) is 17.2 Å². The van der Waals surface area contributed by atoms with Crippen LogP contribution in [0, 0.1) is 12.7 Å². The lowest BCUT2D eigenvalue weighted by molar-refractivity contribution is 0.402. The summed E-state index contributed by atoms with van der Waals surface area (Å²) in [7, 11) is 3.11. The van der Waals surface area contributed by atoms with Gasteiger partial charge in [0, 0.05) is 28.6 Å².